The molecule has 236 valence electrons. The third-order valence-corrected chi connectivity index (χ3v) is 9.16. The maximum atomic E-state index is 12.3. The number of carbonyl (C=O) groups is 1. The van der Waals surface area contributed by atoms with Crippen LogP contribution in [0.1, 0.15) is 71.9 Å². The van der Waals surface area contributed by atoms with E-state index in [4.69, 9.17) is 40.6 Å². The molecule has 4 aromatic carbocycles. The average molecular weight is 637 g/mol. The molecular formula is C38H36O7S. The number of ketones is 1. The highest BCUT2D eigenvalue weighted by molar-refractivity contribution is 7.80. The summed E-state index contributed by atoms with van der Waals surface area (Å²) in [6.07, 6.45) is 2.65. The molecule has 46 heavy (non-hydrogen) atoms. The van der Waals surface area contributed by atoms with Gasteiger partial charge in [0.05, 0.1) is 13.2 Å². The fourth-order valence-corrected chi connectivity index (χ4v) is 7.19. The van der Waals surface area contributed by atoms with Crippen LogP contribution in [0.25, 0.3) is 0 Å². The molecule has 0 amide bonds. The van der Waals surface area contributed by atoms with Gasteiger partial charge in [-0.1, -0.05) is 48.6 Å². The molecule has 0 N–H and O–H groups in total. The Morgan fingerprint density at radius 2 is 1.09 bits per heavy atom. The number of para-hydroxylation sites is 2. The van der Waals surface area contributed by atoms with Crippen LogP contribution in [0.5, 0.6) is 34.5 Å². The third kappa shape index (κ3) is 5.89. The number of carbonyl (C=O) groups excluding carboxylic acids is 1. The lowest BCUT2D eigenvalue weighted by molar-refractivity contribution is -0.119. The summed E-state index contributed by atoms with van der Waals surface area (Å²) >= 11 is 5.58. The largest absolute Gasteiger partial charge is 0.494 e. The molecule has 0 radical (unpaired) electrons. The Morgan fingerprint density at radius 3 is 1.61 bits per heavy atom. The monoisotopic (exact) mass is 636 g/mol. The van der Waals surface area contributed by atoms with Gasteiger partial charge in [-0.05, 0) is 83.8 Å². The summed E-state index contributed by atoms with van der Waals surface area (Å²) in [6, 6.07) is 24.4. The Hall–Kier alpha value is -4.56. The van der Waals surface area contributed by atoms with Crippen molar-refractivity contribution < 1.29 is 33.2 Å². The van der Waals surface area contributed by atoms with E-state index in [1.807, 2.05) is 62.4 Å². The zero-order valence-corrected chi connectivity index (χ0v) is 26.8. The van der Waals surface area contributed by atoms with Crippen molar-refractivity contribution >= 4 is 22.9 Å². The van der Waals surface area contributed by atoms with E-state index < -0.39 is 0 Å². The molecule has 8 heteroatoms. The second-order valence-electron chi connectivity index (χ2n) is 11.7. The first-order chi connectivity index (χ1) is 22.5. The smallest absolute Gasteiger partial charge is 0.231 e. The predicted molar refractivity (Wildman–Crippen MR) is 178 cm³/mol. The average Bonchev–Trinajstić information content (AvgIpc) is 3.72. The number of hydrogen-bond acceptors (Lipinski definition) is 8. The summed E-state index contributed by atoms with van der Waals surface area (Å²) in [6.45, 7) is 5.77. The highest BCUT2D eigenvalue weighted by atomic mass is 32.1. The van der Waals surface area contributed by atoms with Crippen LogP contribution in [0.2, 0.25) is 0 Å². The quantitative estimate of drug-likeness (QED) is 0.199. The van der Waals surface area contributed by atoms with Crippen LogP contribution in [-0.4, -0.2) is 37.4 Å². The second kappa shape index (κ2) is 13.0. The first kappa shape index (κ1) is 30.1. The third-order valence-electron chi connectivity index (χ3n) is 8.85. The lowest BCUT2D eigenvalue weighted by atomic mass is 9.78. The van der Waals surface area contributed by atoms with Crippen molar-refractivity contribution in [2.24, 2.45) is 0 Å². The SMILES string of the molecule is CCOc1ccccc1C1CC(=O)Cc2cc3c(cc21)OCO3.CCOc1ccccc1C1CC(=S)Cc2cc3c(cc21)OCO3. The van der Waals surface area contributed by atoms with Crippen LogP contribution in [0, 0.1) is 0 Å². The van der Waals surface area contributed by atoms with Crippen LogP contribution < -0.4 is 28.4 Å². The van der Waals surface area contributed by atoms with E-state index in [0.717, 1.165) is 68.9 Å². The van der Waals surface area contributed by atoms with Gasteiger partial charge in [0.15, 0.2) is 23.0 Å². The Labute approximate surface area is 274 Å². The molecule has 0 aromatic heterocycles. The van der Waals surface area contributed by atoms with Crippen molar-refractivity contribution in [3.63, 3.8) is 0 Å². The van der Waals surface area contributed by atoms with E-state index in [-0.39, 0.29) is 24.4 Å². The normalized spacial score (nSPS) is 18.7. The fourth-order valence-electron chi connectivity index (χ4n) is 6.86. The van der Waals surface area contributed by atoms with Crippen LogP contribution in [0.3, 0.4) is 0 Å². The lowest BCUT2D eigenvalue weighted by Gasteiger charge is -2.28. The van der Waals surface area contributed by atoms with Gasteiger partial charge in [0.25, 0.3) is 0 Å². The van der Waals surface area contributed by atoms with Crippen molar-refractivity contribution in [2.45, 2.75) is 51.4 Å². The maximum Gasteiger partial charge on any atom is 0.231 e. The van der Waals surface area contributed by atoms with Crippen LogP contribution in [0.15, 0.2) is 72.8 Å². The standard InChI is InChI=1S/C19H18O4.C19H18O3S/c1-2-21-17-6-4-3-5-14(17)16-9-13(20)7-12-8-18-19(10-15(12)16)23-11-22-18;1-2-20-17-6-4-3-5-14(17)16-9-13(23)7-12-8-18-19(10-15(12)16)22-11-21-18/h2*3-6,8,10,16H,2,7,9,11H2,1H3. The minimum Gasteiger partial charge on any atom is -0.494 e. The maximum absolute atomic E-state index is 12.3. The molecule has 2 aliphatic carbocycles. The molecular weight excluding hydrogens is 600 g/mol. The highest BCUT2D eigenvalue weighted by Crippen LogP contribution is 2.46. The summed E-state index contributed by atoms with van der Waals surface area (Å²) in [5, 5.41) is 0. The van der Waals surface area contributed by atoms with E-state index in [1.54, 1.807) is 0 Å². The van der Waals surface area contributed by atoms with Gasteiger partial charge in [0.1, 0.15) is 17.3 Å². The van der Waals surface area contributed by atoms with Crippen molar-refractivity contribution in [1.82, 2.24) is 0 Å². The summed E-state index contributed by atoms with van der Waals surface area (Å²) in [7, 11) is 0. The van der Waals surface area contributed by atoms with Gasteiger partial charge >= 0.3 is 0 Å². The van der Waals surface area contributed by atoms with Crippen LogP contribution >= 0.6 is 12.2 Å². The van der Waals surface area contributed by atoms with Crippen LogP contribution in [-0.2, 0) is 17.6 Å². The van der Waals surface area contributed by atoms with Gasteiger partial charge in [-0.25, -0.2) is 0 Å². The molecule has 8 rings (SSSR count). The number of fused-ring (bicyclic) bond motifs is 4. The Bertz CT molecular complexity index is 1670. The topological polar surface area (TPSA) is 72.5 Å². The minimum absolute atomic E-state index is 0.00324. The Kier molecular flexibility index (Phi) is 8.54. The summed E-state index contributed by atoms with van der Waals surface area (Å²) in [4.78, 5) is 13.3. The molecule has 0 saturated carbocycles. The predicted octanol–water partition coefficient (Wildman–Crippen LogP) is 7.72. The number of thiocarbonyl (C=S) groups is 1. The van der Waals surface area contributed by atoms with Gasteiger partial charge in [0, 0.05) is 42.2 Å². The lowest BCUT2D eigenvalue weighted by Crippen LogP contribution is -2.19. The molecule has 2 aliphatic heterocycles. The van der Waals surface area contributed by atoms with E-state index >= 15 is 0 Å². The van der Waals surface area contributed by atoms with Crippen molar-refractivity contribution in [1.29, 1.82) is 0 Å². The van der Waals surface area contributed by atoms with Gasteiger partial charge < -0.3 is 28.4 Å². The first-order valence-electron chi connectivity index (χ1n) is 15.8. The molecule has 2 heterocycles. The fraction of sp³-hybridized carbons (Fsp3) is 0.316. The molecule has 2 atom stereocenters. The Balaban J connectivity index is 0.000000147. The molecule has 4 aromatic rings. The second-order valence-corrected chi connectivity index (χ2v) is 12.3. The zero-order chi connectivity index (χ0) is 31.6. The van der Waals surface area contributed by atoms with E-state index in [1.165, 1.54) is 16.7 Å². The molecule has 0 spiro atoms. The number of hydrogen-bond donors (Lipinski definition) is 0. The number of rotatable bonds is 6. The van der Waals surface area contributed by atoms with E-state index in [2.05, 4.69) is 24.3 Å². The van der Waals surface area contributed by atoms with Gasteiger partial charge in [-0.2, -0.15) is 0 Å². The number of Topliss-reactive ketones (excluding diaryl/α,β-unsaturated/α-hetero) is 1. The van der Waals surface area contributed by atoms with E-state index in [0.29, 0.717) is 32.8 Å². The molecule has 0 saturated heterocycles. The molecule has 0 fully saturated rings. The van der Waals surface area contributed by atoms with Crippen LogP contribution in [0.4, 0.5) is 0 Å². The highest BCUT2D eigenvalue weighted by Gasteiger charge is 2.32. The molecule has 0 bridgehead atoms. The molecule has 2 unspecified atom stereocenters. The Morgan fingerprint density at radius 1 is 0.630 bits per heavy atom. The zero-order valence-electron chi connectivity index (χ0n) is 26.0. The number of benzene rings is 4. The molecule has 4 aliphatic rings. The van der Waals surface area contributed by atoms with Gasteiger partial charge in [0.2, 0.25) is 13.6 Å². The summed E-state index contributed by atoms with van der Waals surface area (Å²) < 4.78 is 33.6. The van der Waals surface area contributed by atoms with Gasteiger partial charge in [-0.15, -0.1) is 0 Å². The summed E-state index contributed by atoms with van der Waals surface area (Å²) in [5.41, 5.74) is 6.93. The van der Waals surface area contributed by atoms with Crippen molar-refractivity contribution in [2.75, 3.05) is 26.8 Å². The van der Waals surface area contributed by atoms with Crippen molar-refractivity contribution in [3.05, 3.63) is 106 Å². The summed E-state index contributed by atoms with van der Waals surface area (Å²) in [5.74, 6) is 5.39. The van der Waals surface area contributed by atoms with Crippen molar-refractivity contribution in [3.8, 4) is 34.5 Å². The van der Waals surface area contributed by atoms with E-state index in [9.17, 15) is 4.79 Å². The molecule has 7 nitrogen and oxygen atoms in total. The first-order valence-corrected chi connectivity index (χ1v) is 16.2. The number of ether oxygens (including phenoxy) is 6. The van der Waals surface area contributed by atoms with Gasteiger partial charge in [-0.3, -0.25) is 4.79 Å². The minimum atomic E-state index is 0.00324.